The first-order chi connectivity index (χ1) is 11.5. The molecule has 0 aromatic carbocycles. The second kappa shape index (κ2) is 12.1. The van der Waals surface area contributed by atoms with E-state index < -0.39 is 35.8 Å². The molecular weight excluding hydrogens is 398 g/mol. The van der Waals surface area contributed by atoms with Crippen molar-refractivity contribution >= 4 is 35.5 Å². The lowest BCUT2D eigenvalue weighted by Crippen LogP contribution is -2.10. The lowest BCUT2D eigenvalue weighted by Gasteiger charge is -2.04. The molecule has 12 heteroatoms. The van der Waals surface area contributed by atoms with Crippen molar-refractivity contribution in [2.45, 2.75) is 18.8 Å². The van der Waals surface area contributed by atoms with Crippen LogP contribution in [0, 0.1) is 0 Å². The molecular formula is C13H14F6O4S2. The minimum atomic E-state index is -4.33. The van der Waals surface area contributed by atoms with Crippen molar-refractivity contribution in [2.75, 3.05) is 24.7 Å². The van der Waals surface area contributed by atoms with E-state index in [0.717, 1.165) is 23.0 Å². The van der Waals surface area contributed by atoms with Gasteiger partial charge in [0, 0.05) is 18.6 Å². The van der Waals surface area contributed by atoms with Crippen molar-refractivity contribution in [2.24, 2.45) is 0 Å². The Morgan fingerprint density at radius 3 is 1.44 bits per heavy atom. The SMILES string of the molecule is O=C(C=CSCC(F)(F)F)OCCCOC(=O)C=CSCC(F)(F)F. The molecule has 0 aliphatic heterocycles. The minimum Gasteiger partial charge on any atom is -0.462 e. The summed E-state index contributed by atoms with van der Waals surface area (Å²) in [6.07, 6.45) is -6.86. The van der Waals surface area contributed by atoms with E-state index in [2.05, 4.69) is 9.47 Å². The van der Waals surface area contributed by atoms with E-state index in [1.165, 1.54) is 0 Å². The standard InChI is InChI=1S/C13H14F6O4S2/c14-12(15,16)8-24-6-2-10(20)22-4-1-5-23-11(21)3-7-25-9-13(17,18)19/h2-3,6-7H,1,4-5,8-9H2. The summed E-state index contributed by atoms with van der Waals surface area (Å²) in [7, 11) is 0. The Bertz CT molecular complexity index is 432. The molecule has 0 bridgehead atoms. The summed E-state index contributed by atoms with van der Waals surface area (Å²) < 4.78 is 80.2. The largest absolute Gasteiger partial charge is 0.462 e. The van der Waals surface area contributed by atoms with Gasteiger partial charge in [0.2, 0.25) is 0 Å². The molecule has 0 fully saturated rings. The average Bonchev–Trinajstić information content (AvgIpc) is 2.46. The van der Waals surface area contributed by atoms with E-state index in [1.807, 2.05) is 0 Å². The molecule has 0 saturated heterocycles. The number of hydrogen-bond acceptors (Lipinski definition) is 6. The zero-order valence-corrected chi connectivity index (χ0v) is 14.2. The van der Waals surface area contributed by atoms with Gasteiger partial charge in [-0.15, -0.1) is 23.5 Å². The molecule has 0 unspecified atom stereocenters. The summed E-state index contributed by atoms with van der Waals surface area (Å²) in [4.78, 5) is 22.2. The maximum atomic E-state index is 11.8. The van der Waals surface area contributed by atoms with Crippen LogP contribution in [0.4, 0.5) is 26.3 Å². The Morgan fingerprint density at radius 2 is 1.12 bits per heavy atom. The highest BCUT2D eigenvalue weighted by atomic mass is 32.2. The van der Waals surface area contributed by atoms with Crippen LogP contribution in [0.1, 0.15) is 6.42 Å². The van der Waals surface area contributed by atoms with Crippen LogP contribution in [0.3, 0.4) is 0 Å². The normalized spacial score (nSPS) is 12.7. The molecule has 0 rings (SSSR count). The first-order valence-corrected chi connectivity index (χ1v) is 8.63. The van der Waals surface area contributed by atoms with Gasteiger partial charge >= 0.3 is 24.3 Å². The maximum Gasteiger partial charge on any atom is 0.398 e. The Kier molecular flexibility index (Phi) is 11.5. The zero-order valence-electron chi connectivity index (χ0n) is 12.6. The van der Waals surface area contributed by atoms with Gasteiger partial charge in [-0.3, -0.25) is 0 Å². The van der Waals surface area contributed by atoms with E-state index in [-0.39, 0.29) is 19.6 Å². The lowest BCUT2D eigenvalue weighted by molar-refractivity contribution is -0.140. The van der Waals surface area contributed by atoms with Crippen LogP contribution in [0.25, 0.3) is 0 Å². The van der Waals surface area contributed by atoms with E-state index >= 15 is 0 Å². The molecule has 4 nitrogen and oxygen atoms in total. The first kappa shape index (κ1) is 23.7. The van der Waals surface area contributed by atoms with E-state index in [9.17, 15) is 35.9 Å². The highest BCUT2D eigenvalue weighted by Gasteiger charge is 2.26. The second-order valence-electron chi connectivity index (χ2n) is 4.15. The Morgan fingerprint density at radius 1 is 0.760 bits per heavy atom. The summed E-state index contributed by atoms with van der Waals surface area (Å²) in [5.41, 5.74) is 0. The second-order valence-corrected chi connectivity index (χ2v) is 5.93. The molecule has 0 aromatic heterocycles. The van der Waals surface area contributed by atoms with Gasteiger partial charge in [-0.25, -0.2) is 9.59 Å². The summed E-state index contributed by atoms with van der Waals surface area (Å²) in [6.45, 7) is -0.264. The average molecular weight is 412 g/mol. The molecule has 0 aliphatic carbocycles. The van der Waals surface area contributed by atoms with Crippen molar-refractivity contribution in [3.05, 3.63) is 23.0 Å². The Hall–Kier alpha value is -1.30. The van der Waals surface area contributed by atoms with Crippen molar-refractivity contribution in [3.63, 3.8) is 0 Å². The highest BCUT2D eigenvalue weighted by molar-refractivity contribution is 8.02. The quantitative estimate of drug-likeness (QED) is 0.233. The fraction of sp³-hybridized carbons (Fsp3) is 0.538. The molecule has 0 heterocycles. The number of carbonyl (C=O) groups is 2. The smallest absolute Gasteiger partial charge is 0.398 e. The topological polar surface area (TPSA) is 52.6 Å². The molecule has 0 amide bonds. The minimum absolute atomic E-state index is 0.130. The van der Waals surface area contributed by atoms with Crippen molar-refractivity contribution < 1.29 is 45.4 Å². The first-order valence-electron chi connectivity index (χ1n) is 6.53. The van der Waals surface area contributed by atoms with Gasteiger partial charge in [-0.1, -0.05) is 0 Å². The van der Waals surface area contributed by atoms with E-state index in [4.69, 9.17) is 0 Å². The summed E-state index contributed by atoms with van der Waals surface area (Å²) >= 11 is 0.783. The molecule has 0 atom stereocenters. The number of halogens is 6. The Balaban J connectivity index is 3.68. The monoisotopic (exact) mass is 412 g/mol. The van der Waals surface area contributed by atoms with Crippen LogP contribution in [-0.2, 0) is 19.1 Å². The van der Waals surface area contributed by atoms with Crippen LogP contribution in [-0.4, -0.2) is 49.0 Å². The number of alkyl halides is 6. The predicted molar refractivity (Wildman–Crippen MR) is 81.8 cm³/mol. The van der Waals surface area contributed by atoms with Crippen LogP contribution < -0.4 is 0 Å². The van der Waals surface area contributed by atoms with E-state index in [1.54, 1.807) is 0 Å². The third-order valence-electron chi connectivity index (χ3n) is 1.87. The zero-order chi connectivity index (χ0) is 19.3. The lowest BCUT2D eigenvalue weighted by atomic mass is 10.5. The molecule has 0 aromatic rings. The van der Waals surface area contributed by atoms with Crippen molar-refractivity contribution in [1.82, 2.24) is 0 Å². The van der Waals surface area contributed by atoms with Crippen molar-refractivity contribution in [3.8, 4) is 0 Å². The van der Waals surface area contributed by atoms with Crippen LogP contribution >= 0.6 is 23.5 Å². The number of esters is 2. The van der Waals surface area contributed by atoms with Gasteiger partial charge in [-0.05, 0) is 10.8 Å². The summed E-state index contributed by atoms with van der Waals surface area (Å²) in [5.74, 6) is -3.93. The Labute approximate surface area is 148 Å². The van der Waals surface area contributed by atoms with Crippen molar-refractivity contribution in [1.29, 1.82) is 0 Å². The highest BCUT2D eigenvalue weighted by Crippen LogP contribution is 2.22. The molecule has 0 spiro atoms. The van der Waals surface area contributed by atoms with Gasteiger partial charge in [0.15, 0.2) is 0 Å². The third-order valence-corrected chi connectivity index (χ3v) is 3.52. The summed E-state index contributed by atoms with van der Waals surface area (Å²) in [6, 6.07) is 0. The number of carbonyl (C=O) groups excluding carboxylic acids is 2. The van der Waals surface area contributed by atoms with Gasteiger partial charge in [-0.2, -0.15) is 26.3 Å². The number of thioether (sulfide) groups is 2. The van der Waals surface area contributed by atoms with Gasteiger partial charge < -0.3 is 9.47 Å². The number of ether oxygens (including phenoxy) is 2. The van der Waals surface area contributed by atoms with Gasteiger partial charge in [0.1, 0.15) is 0 Å². The van der Waals surface area contributed by atoms with Crippen LogP contribution in [0.2, 0.25) is 0 Å². The van der Waals surface area contributed by atoms with Gasteiger partial charge in [0.25, 0.3) is 0 Å². The third kappa shape index (κ3) is 18.9. The van der Waals surface area contributed by atoms with Gasteiger partial charge in [0.05, 0.1) is 24.7 Å². The van der Waals surface area contributed by atoms with Crippen LogP contribution in [0.5, 0.6) is 0 Å². The molecule has 0 radical (unpaired) electrons. The van der Waals surface area contributed by atoms with E-state index in [0.29, 0.717) is 23.5 Å². The fourth-order valence-corrected chi connectivity index (χ4v) is 1.98. The number of hydrogen-bond donors (Lipinski definition) is 0. The predicted octanol–water partition coefficient (Wildman–Crippen LogP) is 4.08. The molecule has 144 valence electrons. The molecule has 0 aliphatic rings. The molecule has 0 saturated carbocycles. The number of rotatable bonds is 10. The molecule has 25 heavy (non-hydrogen) atoms. The fourth-order valence-electron chi connectivity index (χ4n) is 0.993. The summed E-state index contributed by atoms with van der Waals surface area (Å²) in [5, 5.41) is 1.92. The molecule has 0 N–H and O–H groups in total. The van der Waals surface area contributed by atoms with Crippen LogP contribution in [0.15, 0.2) is 23.0 Å². The maximum absolute atomic E-state index is 11.8.